The number of aliphatic hydroxyl groups excluding tert-OH is 1. The smallest absolute Gasteiger partial charge is 0.268 e. The second-order valence-corrected chi connectivity index (χ2v) is 22.4. The second kappa shape index (κ2) is 54.0. The quantitative estimate of drug-likeness (QED) is 0.0272. The Labute approximate surface area is 451 Å². The van der Waals surface area contributed by atoms with Gasteiger partial charge in [-0.15, -0.1) is 0 Å². The summed E-state index contributed by atoms with van der Waals surface area (Å²) in [5.74, 6) is -0.296. The van der Waals surface area contributed by atoms with E-state index in [0.717, 1.165) is 57.8 Å². The summed E-state index contributed by atoms with van der Waals surface area (Å²) in [7, 11) is 1.17. The minimum atomic E-state index is -4.64. The van der Waals surface area contributed by atoms with Crippen molar-refractivity contribution < 1.29 is 32.9 Å². The molecular formula is C64H113N2O6P. The van der Waals surface area contributed by atoms with Gasteiger partial charge in [-0.05, 0) is 83.5 Å². The molecule has 0 aliphatic heterocycles. The van der Waals surface area contributed by atoms with Crippen molar-refractivity contribution in [1.82, 2.24) is 5.32 Å². The Morgan fingerprint density at radius 3 is 1.26 bits per heavy atom. The predicted octanol–water partition coefficient (Wildman–Crippen LogP) is 17.7. The van der Waals surface area contributed by atoms with Crippen LogP contribution in [0.25, 0.3) is 0 Å². The first-order valence-corrected chi connectivity index (χ1v) is 31.2. The van der Waals surface area contributed by atoms with Gasteiger partial charge in [0.15, 0.2) is 0 Å². The molecule has 2 N–H and O–H groups in total. The van der Waals surface area contributed by atoms with Crippen LogP contribution >= 0.6 is 7.82 Å². The first-order valence-electron chi connectivity index (χ1n) is 29.7. The number of rotatable bonds is 53. The number of allylic oxidation sites excluding steroid dienone is 17. The maximum absolute atomic E-state index is 12.9. The lowest BCUT2D eigenvalue weighted by molar-refractivity contribution is -0.870. The van der Waals surface area contributed by atoms with Crippen LogP contribution in [-0.2, 0) is 18.4 Å². The fraction of sp³-hybridized carbons (Fsp3) is 0.703. The van der Waals surface area contributed by atoms with E-state index in [1.54, 1.807) is 6.08 Å². The van der Waals surface area contributed by atoms with Crippen LogP contribution in [0.4, 0.5) is 0 Å². The van der Waals surface area contributed by atoms with Crippen LogP contribution in [-0.4, -0.2) is 68.5 Å². The van der Waals surface area contributed by atoms with E-state index in [-0.39, 0.29) is 18.9 Å². The molecule has 0 aliphatic carbocycles. The Hall–Kier alpha value is -2.84. The zero-order chi connectivity index (χ0) is 53.5. The van der Waals surface area contributed by atoms with E-state index in [9.17, 15) is 19.4 Å². The van der Waals surface area contributed by atoms with E-state index in [2.05, 4.69) is 104 Å². The number of likely N-dealkylation sites (N-methyl/N-ethyl adjacent to an activating group) is 1. The lowest BCUT2D eigenvalue weighted by atomic mass is 10.0. The summed E-state index contributed by atoms with van der Waals surface area (Å²) in [5.41, 5.74) is 0. The topological polar surface area (TPSA) is 108 Å². The van der Waals surface area contributed by atoms with Crippen molar-refractivity contribution in [3.05, 3.63) is 109 Å². The Balaban J connectivity index is 4.31. The van der Waals surface area contributed by atoms with Gasteiger partial charge in [-0.1, -0.05) is 258 Å². The lowest BCUT2D eigenvalue weighted by Crippen LogP contribution is -2.45. The molecule has 0 saturated carbocycles. The van der Waals surface area contributed by atoms with Crippen LogP contribution in [0.15, 0.2) is 109 Å². The molecule has 9 heteroatoms. The molecule has 0 aromatic rings. The molecular weight excluding hydrogens is 924 g/mol. The lowest BCUT2D eigenvalue weighted by Gasteiger charge is -2.29. The van der Waals surface area contributed by atoms with Gasteiger partial charge in [0.05, 0.1) is 39.9 Å². The Morgan fingerprint density at radius 1 is 0.493 bits per heavy atom. The predicted molar refractivity (Wildman–Crippen MR) is 316 cm³/mol. The van der Waals surface area contributed by atoms with Gasteiger partial charge in [0.25, 0.3) is 7.82 Å². The van der Waals surface area contributed by atoms with Crippen LogP contribution in [0.1, 0.15) is 239 Å². The monoisotopic (exact) mass is 1040 g/mol. The molecule has 0 aliphatic rings. The van der Waals surface area contributed by atoms with Gasteiger partial charge in [0.1, 0.15) is 13.2 Å². The highest BCUT2D eigenvalue weighted by Gasteiger charge is 2.23. The van der Waals surface area contributed by atoms with Gasteiger partial charge in [-0.3, -0.25) is 9.36 Å². The molecule has 0 aromatic heterocycles. The third-order valence-electron chi connectivity index (χ3n) is 12.7. The van der Waals surface area contributed by atoms with Crippen molar-refractivity contribution in [2.24, 2.45) is 0 Å². The maximum atomic E-state index is 12.9. The summed E-state index contributed by atoms with van der Waals surface area (Å²) in [5, 5.41) is 13.8. The molecule has 0 saturated heterocycles. The van der Waals surface area contributed by atoms with Gasteiger partial charge in [0, 0.05) is 6.42 Å². The molecule has 8 nitrogen and oxygen atoms in total. The number of carbonyl (C=O) groups excluding carboxylic acids is 1. The van der Waals surface area contributed by atoms with E-state index in [4.69, 9.17) is 9.05 Å². The fourth-order valence-corrected chi connectivity index (χ4v) is 8.81. The van der Waals surface area contributed by atoms with Crippen molar-refractivity contribution in [3.63, 3.8) is 0 Å². The number of hydrogen-bond donors (Lipinski definition) is 2. The summed E-state index contributed by atoms with van der Waals surface area (Å²) >= 11 is 0. The Morgan fingerprint density at radius 2 is 0.849 bits per heavy atom. The van der Waals surface area contributed by atoms with Crippen molar-refractivity contribution in [2.45, 2.75) is 251 Å². The molecule has 0 bridgehead atoms. The largest absolute Gasteiger partial charge is 0.756 e. The first kappa shape index (κ1) is 70.2. The molecule has 0 rings (SSSR count). The number of nitrogens with zero attached hydrogens (tertiary/aromatic N) is 1. The third kappa shape index (κ3) is 56.7. The molecule has 73 heavy (non-hydrogen) atoms. The third-order valence-corrected chi connectivity index (χ3v) is 13.7. The summed E-state index contributed by atoms with van der Waals surface area (Å²) in [6.45, 7) is 4.45. The number of hydrogen-bond acceptors (Lipinski definition) is 6. The van der Waals surface area contributed by atoms with Crippen LogP contribution < -0.4 is 10.2 Å². The molecule has 0 spiro atoms. The van der Waals surface area contributed by atoms with E-state index < -0.39 is 26.6 Å². The normalized spacial score (nSPS) is 14.7. The zero-order valence-electron chi connectivity index (χ0n) is 47.8. The highest BCUT2D eigenvalue weighted by molar-refractivity contribution is 7.45. The van der Waals surface area contributed by atoms with E-state index in [1.165, 1.54) is 148 Å². The average molecular weight is 1040 g/mol. The van der Waals surface area contributed by atoms with Crippen molar-refractivity contribution in [3.8, 4) is 0 Å². The number of quaternary nitrogens is 1. The number of amides is 1. The number of phosphoric ester groups is 1. The van der Waals surface area contributed by atoms with Gasteiger partial charge < -0.3 is 28.8 Å². The minimum Gasteiger partial charge on any atom is -0.756 e. The molecule has 3 unspecified atom stereocenters. The van der Waals surface area contributed by atoms with Gasteiger partial charge in [-0.25, -0.2) is 0 Å². The standard InChI is InChI=1S/C64H113N2O6P/c1-6-8-10-12-14-16-18-20-22-24-26-27-28-29-30-31-32-33-34-35-36-37-38-40-41-43-45-47-49-51-53-55-57-63(67)62(61-72-73(69,70)71-60-59-66(3,4)5)65-64(68)58-56-54-52-50-48-46-44-42-39-25-23-21-19-17-15-13-11-9-7-2/h9,11,15,17,21,23,39-42,46-49,52,54-55,57,62-63,67H,6-8,10,12-14,16,18-20,22,24-38,43-45,50-51,53,56,58-61H2,1-5H3,(H-,65,68,69,70)/b11-9-,17-15-,23-21-,41-40+,42-39-,48-46-,49-47+,54-52-,57-55+. The van der Waals surface area contributed by atoms with Crippen LogP contribution in [0.2, 0.25) is 0 Å². The Kier molecular flexibility index (Phi) is 51.9. The van der Waals surface area contributed by atoms with E-state index in [0.29, 0.717) is 23.9 Å². The summed E-state index contributed by atoms with van der Waals surface area (Å²) in [6.07, 6.45) is 79.3. The number of carbonyl (C=O) groups is 1. The number of phosphoric acid groups is 1. The first-order chi connectivity index (χ1) is 35.5. The van der Waals surface area contributed by atoms with Crippen molar-refractivity contribution in [2.75, 3.05) is 40.9 Å². The summed E-state index contributed by atoms with van der Waals surface area (Å²) in [6, 6.07) is -0.959. The molecule has 1 amide bonds. The fourth-order valence-electron chi connectivity index (χ4n) is 8.09. The number of aliphatic hydroxyl groups is 1. The number of nitrogens with one attached hydrogen (secondary N) is 1. The number of unbranched alkanes of at least 4 members (excludes halogenated alkanes) is 24. The summed E-state index contributed by atoms with van der Waals surface area (Å²) in [4.78, 5) is 25.4. The van der Waals surface area contributed by atoms with Crippen LogP contribution in [0, 0.1) is 0 Å². The Bertz CT molecular complexity index is 1550. The average Bonchev–Trinajstić information content (AvgIpc) is 3.35. The highest BCUT2D eigenvalue weighted by Crippen LogP contribution is 2.38. The van der Waals surface area contributed by atoms with Gasteiger partial charge >= 0.3 is 0 Å². The molecule has 0 fully saturated rings. The minimum absolute atomic E-state index is 0.0285. The van der Waals surface area contributed by atoms with Gasteiger partial charge in [0.2, 0.25) is 5.91 Å². The molecule has 0 radical (unpaired) electrons. The molecule has 420 valence electrons. The van der Waals surface area contributed by atoms with Gasteiger partial charge in [-0.2, -0.15) is 0 Å². The van der Waals surface area contributed by atoms with Crippen molar-refractivity contribution in [1.29, 1.82) is 0 Å². The second-order valence-electron chi connectivity index (χ2n) is 20.9. The SMILES string of the molecule is CC/C=C\C/C=C\C/C=C\C/C=C\C/C=C\C/C=C\CCC(=O)NC(COP(=O)([O-])OCC[N+](C)(C)C)C(O)/C=C/CC/C=C/CC/C=C/CCCCCCCCCCCCCCCCCCCCCCCC. The molecule has 0 aromatic carbocycles. The maximum Gasteiger partial charge on any atom is 0.268 e. The van der Waals surface area contributed by atoms with E-state index >= 15 is 0 Å². The van der Waals surface area contributed by atoms with Crippen molar-refractivity contribution >= 4 is 13.7 Å². The zero-order valence-corrected chi connectivity index (χ0v) is 48.7. The highest BCUT2D eigenvalue weighted by atomic mass is 31.2. The van der Waals surface area contributed by atoms with E-state index in [1.807, 2.05) is 39.4 Å². The molecule has 0 heterocycles. The molecule has 3 atom stereocenters. The van der Waals surface area contributed by atoms with Crippen LogP contribution in [0.5, 0.6) is 0 Å². The van der Waals surface area contributed by atoms with Crippen LogP contribution in [0.3, 0.4) is 0 Å². The summed E-state index contributed by atoms with van der Waals surface area (Å²) < 4.78 is 23.3.